The van der Waals surface area contributed by atoms with Crippen LogP contribution in [0.4, 0.5) is 5.69 Å². The van der Waals surface area contributed by atoms with Crippen LogP contribution in [0.15, 0.2) is 59.6 Å². The highest BCUT2D eigenvalue weighted by Crippen LogP contribution is 2.61. The highest BCUT2D eigenvalue weighted by Gasteiger charge is 2.51. The van der Waals surface area contributed by atoms with Crippen molar-refractivity contribution in [1.29, 1.82) is 0 Å². The summed E-state index contributed by atoms with van der Waals surface area (Å²) in [4.78, 5) is 4.89. The molecule has 0 spiro atoms. The van der Waals surface area contributed by atoms with Crippen LogP contribution in [0.1, 0.15) is 55.2 Å². The third kappa shape index (κ3) is 2.88. The summed E-state index contributed by atoms with van der Waals surface area (Å²) in [6.45, 7) is 2.14. The Morgan fingerprint density at radius 1 is 0.900 bits per heavy atom. The summed E-state index contributed by atoms with van der Waals surface area (Å²) in [5.74, 6) is 3.11. The predicted molar refractivity (Wildman–Crippen MR) is 124 cm³/mol. The average Bonchev–Trinajstić information content (AvgIpc) is 2.73. The van der Waals surface area contributed by atoms with Crippen molar-refractivity contribution in [2.24, 2.45) is 22.7 Å². The minimum absolute atomic E-state index is 0.285. The zero-order valence-corrected chi connectivity index (χ0v) is 17.6. The molecule has 4 bridgehead atoms. The Hall–Kier alpha value is -2.61. The second-order valence-electron chi connectivity index (χ2n) is 10.2. The van der Waals surface area contributed by atoms with Crippen LogP contribution in [0, 0.1) is 24.7 Å². The van der Waals surface area contributed by atoms with E-state index in [1.165, 1.54) is 49.7 Å². The van der Waals surface area contributed by atoms with Crippen molar-refractivity contribution in [3.63, 3.8) is 0 Å². The summed E-state index contributed by atoms with van der Waals surface area (Å²) >= 11 is 0. The number of hydrogen-bond acceptors (Lipinski definition) is 2. The molecule has 1 N–H and O–H groups in total. The first-order chi connectivity index (χ1) is 14.6. The summed E-state index contributed by atoms with van der Waals surface area (Å²) in [6, 6.07) is 18.9. The van der Waals surface area contributed by atoms with Crippen LogP contribution in [-0.4, -0.2) is 11.3 Å². The Kier molecular flexibility index (Phi) is 4.06. The van der Waals surface area contributed by atoms with Crippen LogP contribution in [0.2, 0.25) is 0 Å². The van der Waals surface area contributed by atoms with Gasteiger partial charge in [0.1, 0.15) is 5.75 Å². The molecule has 0 unspecified atom stereocenters. The minimum atomic E-state index is 0.285. The molecule has 0 saturated heterocycles. The number of phenolic OH excluding ortho intramolecular Hbond substituents is 1. The van der Waals surface area contributed by atoms with Crippen LogP contribution < -0.4 is 0 Å². The lowest BCUT2D eigenvalue weighted by molar-refractivity contribution is -0.00517. The Morgan fingerprint density at radius 3 is 2.33 bits per heavy atom. The van der Waals surface area contributed by atoms with E-state index >= 15 is 0 Å². The van der Waals surface area contributed by atoms with Gasteiger partial charge >= 0.3 is 0 Å². The van der Waals surface area contributed by atoms with Crippen molar-refractivity contribution in [1.82, 2.24) is 0 Å². The molecule has 0 atom stereocenters. The lowest BCUT2D eigenvalue weighted by Gasteiger charge is -2.57. The molecule has 4 aliphatic rings. The van der Waals surface area contributed by atoms with Crippen LogP contribution in [0.25, 0.3) is 10.8 Å². The van der Waals surface area contributed by atoms with Gasteiger partial charge in [-0.3, -0.25) is 4.99 Å². The first-order valence-corrected chi connectivity index (χ1v) is 11.5. The second kappa shape index (κ2) is 6.70. The number of benzene rings is 3. The van der Waals surface area contributed by atoms with Crippen molar-refractivity contribution in [2.75, 3.05) is 0 Å². The molecule has 152 valence electrons. The fourth-order valence-electron chi connectivity index (χ4n) is 7.10. The lowest BCUT2D eigenvalue weighted by Crippen LogP contribution is -2.48. The van der Waals surface area contributed by atoms with Crippen molar-refractivity contribution in [3.05, 3.63) is 71.3 Å². The molecule has 3 aromatic rings. The molecule has 0 aliphatic heterocycles. The van der Waals surface area contributed by atoms with Gasteiger partial charge in [-0.15, -0.1) is 0 Å². The number of aliphatic imine (C=N–C) groups is 1. The molecule has 2 heteroatoms. The van der Waals surface area contributed by atoms with Gasteiger partial charge in [-0.05, 0) is 103 Å². The van der Waals surface area contributed by atoms with Crippen molar-refractivity contribution in [2.45, 2.75) is 50.9 Å². The van der Waals surface area contributed by atoms with E-state index < -0.39 is 0 Å². The van der Waals surface area contributed by atoms with E-state index in [0.29, 0.717) is 5.41 Å². The van der Waals surface area contributed by atoms with Crippen molar-refractivity contribution >= 4 is 22.7 Å². The summed E-state index contributed by atoms with van der Waals surface area (Å²) in [5, 5.41) is 12.6. The molecule has 2 nitrogen and oxygen atoms in total. The van der Waals surface area contributed by atoms with E-state index in [4.69, 9.17) is 4.99 Å². The Labute approximate surface area is 178 Å². The zero-order valence-electron chi connectivity index (χ0n) is 17.6. The maximum Gasteiger partial charge on any atom is 0.124 e. The Balaban J connectivity index is 1.39. The van der Waals surface area contributed by atoms with E-state index in [2.05, 4.69) is 37.3 Å². The maximum absolute atomic E-state index is 10.5. The second-order valence-corrected chi connectivity index (χ2v) is 10.2. The van der Waals surface area contributed by atoms with Crippen LogP contribution in [-0.2, 0) is 5.41 Å². The standard InChI is InChI=1S/C28H29NO/c1-18-6-8-23(28-14-19-10-20(15-28)12-21(11-19)16-28)13-26(18)29-17-25-24-5-3-2-4-22(24)7-9-27(25)30/h2-9,13,17,19-21,30H,10-12,14-16H2,1H3. The fourth-order valence-corrected chi connectivity index (χ4v) is 7.10. The van der Waals surface area contributed by atoms with E-state index in [0.717, 1.165) is 39.8 Å². The summed E-state index contributed by atoms with van der Waals surface area (Å²) < 4.78 is 0. The topological polar surface area (TPSA) is 32.6 Å². The third-order valence-corrected chi connectivity index (χ3v) is 8.14. The quantitative estimate of drug-likeness (QED) is 0.473. The van der Waals surface area contributed by atoms with E-state index in [1.54, 1.807) is 6.07 Å². The molecule has 4 saturated carbocycles. The first kappa shape index (κ1) is 18.2. The third-order valence-electron chi connectivity index (χ3n) is 8.14. The van der Waals surface area contributed by atoms with Gasteiger partial charge in [0, 0.05) is 11.8 Å². The number of phenols is 1. The normalized spacial score (nSPS) is 29.8. The van der Waals surface area contributed by atoms with Gasteiger partial charge in [0.05, 0.1) is 5.69 Å². The summed E-state index contributed by atoms with van der Waals surface area (Å²) in [7, 11) is 0. The van der Waals surface area contributed by atoms with Crippen molar-refractivity contribution < 1.29 is 5.11 Å². The molecular formula is C28H29NO. The number of aryl methyl sites for hydroxylation is 1. The highest BCUT2D eigenvalue weighted by molar-refractivity contribution is 6.03. The van der Waals surface area contributed by atoms with Crippen LogP contribution in [0.5, 0.6) is 5.75 Å². The summed E-state index contributed by atoms with van der Waals surface area (Å²) in [5.41, 5.74) is 4.91. The van der Waals surface area contributed by atoms with Gasteiger partial charge in [0.15, 0.2) is 0 Å². The molecule has 30 heavy (non-hydrogen) atoms. The number of aromatic hydroxyl groups is 1. The van der Waals surface area contributed by atoms with Crippen LogP contribution in [0.3, 0.4) is 0 Å². The molecule has 4 aliphatic carbocycles. The highest BCUT2D eigenvalue weighted by atomic mass is 16.3. The van der Waals surface area contributed by atoms with Crippen LogP contribution >= 0.6 is 0 Å². The largest absolute Gasteiger partial charge is 0.507 e. The smallest absolute Gasteiger partial charge is 0.124 e. The average molecular weight is 396 g/mol. The molecule has 3 aromatic carbocycles. The Morgan fingerprint density at radius 2 is 1.60 bits per heavy atom. The molecule has 0 aromatic heterocycles. The van der Waals surface area contributed by atoms with Gasteiger partial charge in [-0.2, -0.15) is 0 Å². The minimum Gasteiger partial charge on any atom is -0.507 e. The van der Waals surface area contributed by atoms with E-state index in [1.807, 2.05) is 24.4 Å². The van der Waals surface area contributed by atoms with E-state index in [9.17, 15) is 5.11 Å². The lowest BCUT2D eigenvalue weighted by atomic mass is 9.48. The first-order valence-electron chi connectivity index (χ1n) is 11.5. The molecule has 0 heterocycles. The molecular weight excluding hydrogens is 366 g/mol. The SMILES string of the molecule is Cc1ccc(C23CC4CC(CC(C4)C2)C3)cc1N=Cc1c(O)ccc2ccccc12. The number of fused-ring (bicyclic) bond motifs is 1. The fraction of sp³-hybridized carbons (Fsp3) is 0.393. The number of hydrogen-bond donors (Lipinski definition) is 1. The summed E-state index contributed by atoms with van der Waals surface area (Å²) in [6.07, 6.45) is 10.4. The molecule has 4 fully saturated rings. The molecule has 7 rings (SSSR count). The van der Waals surface area contributed by atoms with E-state index in [-0.39, 0.29) is 5.75 Å². The molecule has 0 radical (unpaired) electrons. The van der Waals surface area contributed by atoms with Gasteiger partial charge in [-0.1, -0.05) is 42.5 Å². The Bertz CT molecular complexity index is 1120. The maximum atomic E-state index is 10.5. The number of rotatable bonds is 3. The van der Waals surface area contributed by atoms with Gasteiger partial charge in [0.25, 0.3) is 0 Å². The van der Waals surface area contributed by atoms with Gasteiger partial charge < -0.3 is 5.11 Å². The monoisotopic (exact) mass is 395 g/mol. The van der Waals surface area contributed by atoms with Gasteiger partial charge in [0.2, 0.25) is 0 Å². The molecule has 0 amide bonds. The number of nitrogens with zero attached hydrogens (tertiary/aromatic N) is 1. The van der Waals surface area contributed by atoms with Crippen molar-refractivity contribution in [3.8, 4) is 5.75 Å². The predicted octanol–water partition coefficient (Wildman–Crippen LogP) is 7.07. The zero-order chi connectivity index (χ0) is 20.3. The van der Waals surface area contributed by atoms with Gasteiger partial charge in [-0.25, -0.2) is 0 Å².